The van der Waals surface area contributed by atoms with Crippen molar-refractivity contribution in [2.75, 3.05) is 20.7 Å². The van der Waals surface area contributed by atoms with Gasteiger partial charge in [-0.15, -0.1) is 0 Å². The highest BCUT2D eigenvalue weighted by atomic mass is 16.5. The van der Waals surface area contributed by atoms with Gasteiger partial charge in [0.2, 0.25) is 0 Å². The van der Waals surface area contributed by atoms with Crippen LogP contribution in [0.5, 0.6) is 0 Å². The van der Waals surface area contributed by atoms with Crippen LogP contribution in [0.1, 0.15) is 68.2 Å². The molecule has 0 fully saturated rings. The summed E-state index contributed by atoms with van der Waals surface area (Å²) in [5.74, 6) is 1.69. The van der Waals surface area contributed by atoms with Gasteiger partial charge in [-0.25, -0.2) is 0 Å². The fraction of sp³-hybridized carbons (Fsp3) is 0.947. The Labute approximate surface area is 138 Å². The van der Waals surface area contributed by atoms with E-state index in [-0.39, 0.29) is 11.4 Å². The van der Waals surface area contributed by atoms with Crippen molar-refractivity contribution in [3.8, 4) is 0 Å². The van der Waals surface area contributed by atoms with Crippen LogP contribution in [0.4, 0.5) is 0 Å². The van der Waals surface area contributed by atoms with E-state index in [1.54, 1.807) is 0 Å². The normalized spacial score (nSPS) is 18.2. The number of ether oxygens (including phenoxy) is 1. The van der Waals surface area contributed by atoms with Crippen molar-refractivity contribution in [3.05, 3.63) is 0 Å². The number of hydrogen-bond acceptors (Lipinski definition) is 3. The summed E-state index contributed by atoms with van der Waals surface area (Å²) in [4.78, 5) is 14.6. The Morgan fingerprint density at radius 1 is 0.955 bits per heavy atom. The topological polar surface area (TPSA) is 29.5 Å². The minimum absolute atomic E-state index is 0.117. The molecule has 0 saturated heterocycles. The number of carbonyl (C=O) groups is 1. The molecule has 0 aliphatic heterocycles. The Bertz CT molecular complexity index is 344. The Hall–Kier alpha value is -0.570. The molecule has 0 spiro atoms. The molecule has 0 aromatic carbocycles. The highest BCUT2D eigenvalue weighted by Gasteiger charge is 2.47. The van der Waals surface area contributed by atoms with Crippen LogP contribution in [0.15, 0.2) is 0 Å². The molecule has 0 aliphatic rings. The van der Waals surface area contributed by atoms with E-state index in [9.17, 15) is 4.79 Å². The van der Waals surface area contributed by atoms with Crippen LogP contribution in [0, 0.1) is 23.2 Å². The second-order valence-electron chi connectivity index (χ2n) is 8.89. The molecule has 3 unspecified atom stereocenters. The average Bonchev–Trinajstić information content (AvgIpc) is 2.31. The van der Waals surface area contributed by atoms with Crippen molar-refractivity contribution in [1.82, 2.24) is 4.90 Å². The van der Waals surface area contributed by atoms with Crippen molar-refractivity contribution in [1.29, 1.82) is 0 Å². The summed E-state index contributed by atoms with van der Waals surface area (Å²) in [5, 5.41) is 0. The summed E-state index contributed by atoms with van der Waals surface area (Å²) in [6.45, 7) is 17.7. The lowest BCUT2D eigenvalue weighted by atomic mass is 9.74. The van der Waals surface area contributed by atoms with Crippen LogP contribution < -0.4 is 0 Å². The quantitative estimate of drug-likeness (QED) is 0.613. The predicted molar refractivity (Wildman–Crippen MR) is 94.9 cm³/mol. The fourth-order valence-electron chi connectivity index (χ4n) is 3.17. The van der Waals surface area contributed by atoms with E-state index < -0.39 is 5.54 Å². The highest BCUT2D eigenvalue weighted by Crippen LogP contribution is 2.35. The summed E-state index contributed by atoms with van der Waals surface area (Å²) < 4.78 is 5.68. The molecule has 0 aromatic heterocycles. The van der Waals surface area contributed by atoms with E-state index in [0.717, 1.165) is 12.3 Å². The van der Waals surface area contributed by atoms with Gasteiger partial charge in [-0.3, -0.25) is 9.69 Å². The third-order valence-electron chi connectivity index (χ3n) is 4.93. The largest absolute Gasteiger partial charge is 0.464 e. The minimum atomic E-state index is -0.615. The van der Waals surface area contributed by atoms with Gasteiger partial charge in [-0.05, 0) is 57.0 Å². The molecule has 0 saturated carbocycles. The SMILES string of the molecule is CC(C)CC(C)CC(C)COC(=O)C(C)(N(C)C)C(C)(C)C. The molecular weight excluding hydrogens is 274 g/mol. The number of rotatable bonds is 8. The number of nitrogens with zero attached hydrogens (tertiary/aromatic N) is 1. The van der Waals surface area contributed by atoms with E-state index in [4.69, 9.17) is 4.74 Å². The smallest absolute Gasteiger partial charge is 0.326 e. The van der Waals surface area contributed by atoms with Gasteiger partial charge in [0.25, 0.3) is 0 Å². The summed E-state index contributed by atoms with van der Waals surface area (Å²) in [6.07, 6.45) is 2.34. The van der Waals surface area contributed by atoms with Crippen molar-refractivity contribution in [2.24, 2.45) is 23.2 Å². The molecule has 3 nitrogen and oxygen atoms in total. The van der Waals surface area contributed by atoms with Gasteiger partial charge >= 0.3 is 5.97 Å². The molecule has 0 radical (unpaired) electrons. The highest BCUT2D eigenvalue weighted by molar-refractivity contribution is 5.81. The van der Waals surface area contributed by atoms with Gasteiger partial charge < -0.3 is 4.74 Å². The Morgan fingerprint density at radius 2 is 1.45 bits per heavy atom. The molecule has 0 N–H and O–H groups in total. The zero-order valence-electron chi connectivity index (χ0n) is 16.6. The fourth-order valence-corrected chi connectivity index (χ4v) is 3.17. The van der Waals surface area contributed by atoms with E-state index in [1.807, 2.05) is 25.9 Å². The third kappa shape index (κ3) is 5.91. The van der Waals surface area contributed by atoms with Crippen LogP contribution in [-0.4, -0.2) is 37.1 Å². The van der Waals surface area contributed by atoms with Crippen molar-refractivity contribution < 1.29 is 9.53 Å². The predicted octanol–water partition coefficient (Wildman–Crippen LogP) is 4.60. The van der Waals surface area contributed by atoms with Crippen LogP contribution >= 0.6 is 0 Å². The van der Waals surface area contributed by atoms with Gasteiger partial charge in [0.1, 0.15) is 5.54 Å². The zero-order valence-corrected chi connectivity index (χ0v) is 16.6. The minimum Gasteiger partial charge on any atom is -0.464 e. The number of esters is 1. The molecule has 132 valence electrons. The molecule has 0 heterocycles. The molecule has 0 aliphatic carbocycles. The van der Waals surface area contributed by atoms with Gasteiger partial charge in [-0.2, -0.15) is 0 Å². The molecule has 0 bridgehead atoms. The Balaban J connectivity index is 4.60. The molecular formula is C19H39NO2. The standard InChI is InChI=1S/C19H39NO2/c1-14(2)11-15(3)12-16(4)13-22-17(21)19(8,20(9)10)18(5,6)7/h14-16H,11-13H2,1-10H3. The van der Waals surface area contributed by atoms with Crippen LogP contribution in [0.25, 0.3) is 0 Å². The Kier molecular flexibility index (Phi) is 8.11. The first-order valence-electron chi connectivity index (χ1n) is 8.67. The first-order chi connectivity index (χ1) is 9.82. The van der Waals surface area contributed by atoms with Crippen LogP contribution in [0.3, 0.4) is 0 Å². The molecule has 22 heavy (non-hydrogen) atoms. The number of hydrogen-bond donors (Lipinski definition) is 0. The van der Waals surface area contributed by atoms with E-state index in [1.165, 1.54) is 6.42 Å². The van der Waals surface area contributed by atoms with Crippen LogP contribution in [-0.2, 0) is 9.53 Å². The van der Waals surface area contributed by atoms with Gasteiger partial charge in [0.15, 0.2) is 0 Å². The third-order valence-corrected chi connectivity index (χ3v) is 4.93. The first kappa shape index (κ1) is 21.4. The summed E-state index contributed by atoms with van der Waals surface area (Å²) in [7, 11) is 3.89. The monoisotopic (exact) mass is 313 g/mol. The molecule has 0 amide bonds. The van der Waals surface area contributed by atoms with Crippen molar-refractivity contribution in [2.45, 2.75) is 73.8 Å². The maximum absolute atomic E-state index is 12.7. The van der Waals surface area contributed by atoms with E-state index in [0.29, 0.717) is 18.4 Å². The van der Waals surface area contributed by atoms with Gasteiger partial charge in [0, 0.05) is 0 Å². The lowest BCUT2D eigenvalue weighted by Gasteiger charge is -2.44. The number of carbonyl (C=O) groups excluding carboxylic acids is 1. The molecule has 3 atom stereocenters. The lowest BCUT2D eigenvalue weighted by Crippen LogP contribution is -2.58. The summed E-state index contributed by atoms with van der Waals surface area (Å²) >= 11 is 0. The molecule has 0 aromatic rings. The Morgan fingerprint density at radius 3 is 1.82 bits per heavy atom. The summed E-state index contributed by atoms with van der Waals surface area (Å²) in [6, 6.07) is 0. The van der Waals surface area contributed by atoms with Gasteiger partial charge in [-0.1, -0.05) is 48.5 Å². The summed E-state index contributed by atoms with van der Waals surface area (Å²) in [5.41, 5.74) is -0.794. The van der Waals surface area contributed by atoms with E-state index in [2.05, 4.69) is 48.5 Å². The second-order valence-corrected chi connectivity index (χ2v) is 8.89. The van der Waals surface area contributed by atoms with Gasteiger partial charge in [0.05, 0.1) is 6.61 Å². The molecule has 3 heteroatoms. The lowest BCUT2D eigenvalue weighted by molar-refractivity contribution is -0.164. The first-order valence-corrected chi connectivity index (χ1v) is 8.67. The van der Waals surface area contributed by atoms with Crippen LogP contribution in [0.2, 0.25) is 0 Å². The second kappa shape index (κ2) is 8.33. The van der Waals surface area contributed by atoms with Crippen molar-refractivity contribution in [3.63, 3.8) is 0 Å². The van der Waals surface area contributed by atoms with E-state index >= 15 is 0 Å². The number of likely N-dealkylation sites (N-methyl/N-ethyl adjacent to an activating group) is 1. The average molecular weight is 314 g/mol. The maximum atomic E-state index is 12.7. The molecule has 0 rings (SSSR count). The maximum Gasteiger partial charge on any atom is 0.326 e. The van der Waals surface area contributed by atoms with Crippen molar-refractivity contribution >= 4 is 5.97 Å². The zero-order chi connectivity index (χ0) is 17.7.